The van der Waals surface area contributed by atoms with Crippen molar-refractivity contribution >= 4 is 22.6 Å². The van der Waals surface area contributed by atoms with Gasteiger partial charge in [-0.15, -0.1) is 0 Å². The minimum Gasteiger partial charge on any atom is -0.466 e. The Morgan fingerprint density at radius 2 is 1.50 bits per heavy atom. The standard InChI is InChI=1S/C36H64O4Si2/c1-25(24-38-27(3)37)30-19-20-31-29(16-15-21-36(30,31)10)18-17-28-22-32(39-41(11,12)34(4,5)6)26(2)33(23-28)40-42(13,14)35(7,8)9/h17-18,25,30-33H,2,15-16,19-24H2,1,3-14H3/b28-17?,29-18+/t25-,30-,31+,32-,33+,36-/m1/s1. The van der Waals surface area contributed by atoms with E-state index in [4.69, 9.17) is 13.6 Å². The molecule has 0 N–H and O–H groups in total. The van der Waals surface area contributed by atoms with Crippen molar-refractivity contribution in [3.8, 4) is 0 Å². The van der Waals surface area contributed by atoms with Crippen LogP contribution in [-0.4, -0.2) is 41.4 Å². The summed E-state index contributed by atoms with van der Waals surface area (Å²) in [4.78, 5) is 11.5. The molecule has 240 valence electrons. The maximum atomic E-state index is 11.5. The summed E-state index contributed by atoms with van der Waals surface area (Å²) in [5.74, 6) is 1.44. The van der Waals surface area contributed by atoms with Crippen LogP contribution in [0.3, 0.4) is 0 Å². The average molecular weight is 617 g/mol. The van der Waals surface area contributed by atoms with Gasteiger partial charge in [-0.05, 0) is 110 Å². The lowest BCUT2D eigenvalue weighted by Gasteiger charge is -2.46. The van der Waals surface area contributed by atoms with Crippen molar-refractivity contribution in [2.75, 3.05) is 6.61 Å². The molecule has 0 aromatic carbocycles. The molecule has 3 saturated carbocycles. The first-order chi connectivity index (χ1) is 19.1. The van der Waals surface area contributed by atoms with E-state index in [-0.39, 0.29) is 33.7 Å². The highest BCUT2D eigenvalue weighted by atomic mass is 28.4. The predicted molar refractivity (Wildman–Crippen MR) is 183 cm³/mol. The van der Waals surface area contributed by atoms with E-state index in [1.807, 2.05) is 0 Å². The van der Waals surface area contributed by atoms with Crippen molar-refractivity contribution in [3.05, 3.63) is 35.5 Å². The summed E-state index contributed by atoms with van der Waals surface area (Å²) in [5, 5.41) is 0.287. The smallest absolute Gasteiger partial charge is 0.302 e. The van der Waals surface area contributed by atoms with Crippen LogP contribution in [0.4, 0.5) is 0 Å². The molecular formula is C36H64O4Si2. The van der Waals surface area contributed by atoms with E-state index in [0.29, 0.717) is 24.4 Å². The van der Waals surface area contributed by atoms with Crippen molar-refractivity contribution in [3.63, 3.8) is 0 Å². The highest BCUT2D eigenvalue weighted by Crippen LogP contribution is 2.59. The molecule has 6 heteroatoms. The van der Waals surface area contributed by atoms with Crippen LogP contribution in [0.1, 0.15) is 107 Å². The van der Waals surface area contributed by atoms with Crippen LogP contribution in [0.15, 0.2) is 35.5 Å². The van der Waals surface area contributed by atoms with Gasteiger partial charge in [-0.2, -0.15) is 0 Å². The number of allylic oxidation sites excluding steroid dienone is 3. The quantitative estimate of drug-likeness (QED) is 0.155. The van der Waals surface area contributed by atoms with Crippen molar-refractivity contribution in [1.29, 1.82) is 0 Å². The number of fused-ring (bicyclic) bond motifs is 1. The molecule has 3 fully saturated rings. The van der Waals surface area contributed by atoms with E-state index in [1.165, 1.54) is 44.6 Å². The summed E-state index contributed by atoms with van der Waals surface area (Å²) in [6.45, 7) is 34.8. The van der Waals surface area contributed by atoms with Crippen molar-refractivity contribution in [2.45, 2.75) is 156 Å². The van der Waals surface area contributed by atoms with Gasteiger partial charge in [0.25, 0.3) is 0 Å². The lowest BCUT2D eigenvalue weighted by Crippen LogP contribution is -2.49. The molecule has 0 saturated heterocycles. The largest absolute Gasteiger partial charge is 0.466 e. The Balaban J connectivity index is 1.89. The van der Waals surface area contributed by atoms with Crippen LogP contribution in [0.5, 0.6) is 0 Å². The zero-order valence-corrected chi connectivity index (χ0v) is 31.5. The van der Waals surface area contributed by atoms with Crippen molar-refractivity contribution in [1.82, 2.24) is 0 Å². The summed E-state index contributed by atoms with van der Waals surface area (Å²) >= 11 is 0. The van der Waals surface area contributed by atoms with E-state index in [9.17, 15) is 4.79 Å². The minimum atomic E-state index is -1.98. The molecule has 0 aliphatic heterocycles. The van der Waals surface area contributed by atoms with Gasteiger partial charge in [0.1, 0.15) is 0 Å². The van der Waals surface area contributed by atoms with Gasteiger partial charge in [0, 0.05) is 6.92 Å². The number of carbonyl (C=O) groups excluding carboxylic acids is 1. The fourth-order valence-corrected chi connectivity index (χ4v) is 9.87. The fourth-order valence-electron chi connectivity index (χ4n) is 7.27. The maximum Gasteiger partial charge on any atom is 0.302 e. The SMILES string of the molecule is C=C1[C@@H](O[Si](C)(C)C(C)(C)C)CC(=C/C=C2\CCC[C@]3(C)[C@@H]([C@H](C)COC(C)=O)CC[C@@H]23)C[C@H]1O[Si](C)(C)C(C)(C)C. The number of rotatable bonds is 8. The Labute approximate surface area is 261 Å². The van der Waals surface area contributed by atoms with Crippen molar-refractivity contribution in [2.24, 2.45) is 23.2 Å². The highest BCUT2D eigenvalue weighted by molar-refractivity contribution is 6.74. The summed E-state index contributed by atoms with van der Waals surface area (Å²) in [5.41, 5.74) is 4.48. The van der Waals surface area contributed by atoms with Crippen LogP contribution in [0.25, 0.3) is 0 Å². The normalized spacial score (nSPS) is 32.3. The topological polar surface area (TPSA) is 44.8 Å². The molecule has 0 bridgehead atoms. The highest BCUT2D eigenvalue weighted by Gasteiger charge is 2.51. The molecule has 0 heterocycles. The van der Waals surface area contributed by atoms with Gasteiger partial charge in [0.15, 0.2) is 16.6 Å². The van der Waals surface area contributed by atoms with Crippen LogP contribution in [0.2, 0.25) is 36.3 Å². The number of hydrogen-bond acceptors (Lipinski definition) is 4. The van der Waals surface area contributed by atoms with Gasteiger partial charge in [0.2, 0.25) is 0 Å². The molecular weight excluding hydrogens is 553 g/mol. The van der Waals surface area contributed by atoms with Crippen LogP contribution < -0.4 is 0 Å². The summed E-state index contributed by atoms with van der Waals surface area (Å²) < 4.78 is 19.5. The van der Waals surface area contributed by atoms with Gasteiger partial charge in [0.05, 0.1) is 18.8 Å². The molecule has 0 aromatic rings. The molecule has 3 rings (SSSR count). The van der Waals surface area contributed by atoms with Gasteiger partial charge >= 0.3 is 5.97 Å². The Morgan fingerprint density at radius 3 is 1.98 bits per heavy atom. The summed E-state index contributed by atoms with van der Waals surface area (Å²) in [6, 6.07) is 0. The molecule has 42 heavy (non-hydrogen) atoms. The zero-order valence-electron chi connectivity index (χ0n) is 29.5. The minimum absolute atomic E-state index is 0.00803. The number of ether oxygens (including phenoxy) is 1. The van der Waals surface area contributed by atoms with Crippen LogP contribution >= 0.6 is 0 Å². The maximum absolute atomic E-state index is 11.5. The first kappa shape index (κ1) is 35.5. The lowest BCUT2D eigenvalue weighted by molar-refractivity contribution is -0.143. The number of carbonyl (C=O) groups is 1. The zero-order chi connectivity index (χ0) is 31.9. The Hall–Kier alpha value is -0.956. The summed E-state index contributed by atoms with van der Waals surface area (Å²) in [6.07, 6.45) is 12.9. The first-order valence-electron chi connectivity index (χ1n) is 16.7. The third-order valence-electron chi connectivity index (χ3n) is 12.0. The van der Waals surface area contributed by atoms with E-state index < -0.39 is 16.6 Å². The molecule has 3 aliphatic rings. The summed E-state index contributed by atoms with van der Waals surface area (Å²) in [7, 11) is -3.97. The molecule has 3 aliphatic carbocycles. The number of hydrogen-bond donors (Lipinski definition) is 0. The molecule has 0 aromatic heterocycles. The van der Waals surface area contributed by atoms with Gasteiger partial charge in [-0.25, -0.2) is 0 Å². The Morgan fingerprint density at radius 1 is 0.976 bits per heavy atom. The molecule has 6 atom stereocenters. The average Bonchev–Trinajstić information content (AvgIpc) is 3.19. The van der Waals surface area contributed by atoms with E-state index in [2.05, 4.69) is 100 Å². The second-order valence-electron chi connectivity index (χ2n) is 17.2. The fraction of sp³-hybridized carbons (Fsp3) is 0.806. The Kier molecular flexibility index (Phi) is 10.8. The lowest BCUT2D eigenvalue weighted by atomic mass is 9.61. The van der Waals surface area contributed by atoms with Gasteiger partial charge in [-0.3, -0.25) is 4.79 Å². The molecule has 0 spiro atoms. The van der Waals surface area contributed by atoms with E-state index in [1.54, 1.807) is 5.57 Å². The molecule has 4 nitrogen and oxygen atoms in total. The monoisotopic (exact) mass is 616 g/mol. The molecule has 0 unspecified atom stereocenters. The van der Waals surface area contributed by atoms with Crippen LogP contribution in [0, 0.1) is 23.2 Å². The first-order valence-corrected chi connectivity index (χ1v) is 22.5. The van der Waals surface area contributed by atoms with E-state index in [0.717, 1.165) is 18.4 Å². The third-order valence-corrected chi connectivity index (χ3v) is 21.0. The Bertz CT molecular complexity index is 1020. The van der Waals surface area contributed by atoms with E-state index >= 15 is 0 Å². The number of esters is 1. The molecule has 0 radical (unpaired) electrons. The second-order valence-corrected chi connectivity index (χ2v) is 26.7. The van der Waals surface area contributed by atoms with Crippen LogP contribution in [-0.2, 0) is 18.4 Å². The van der Waals surface area contributed by atoms with Gasteiger partial charge < -0.3 is 13.6 Å². The van der Waals surface area contributed by atoms with Crippen molar-refractivity contribution < 1.29 is 18.4 Å². The molecule has 0 amide bonds. The third kappa shape index (κ3) is 7.81. The van der Waals surface area contributed by atoms with Gasteiger partial charge in [-0.1, -0.05) is 85.3 Å². The predicted octanol–water partition coefficient (Wildman–Crippen LogP) is 10.4. The second kappa shape index (κ2) is 12.8.